The van der Waals surface area contributed by atoms with Crippen LogP contribution in [-0.2, 0) is 25.6 Å². The van der Waals surface area contributed by atoms with Crippen molar-refractivity contribution in [1.82, 2.24) is 0 Å². The first-order valence-corrected chi connectivity index (χ1v) is 12.3. The molecule has 0 saturated carbocycles. The molecular weight excluding hydrogens is 378 g/mol. The zero-order valence-electron chi connectivity index (χ0n) is 16.7. The molecule has 0 aliphatic carbocycles. The molecule has 154 valence electrons. The maximum Gasteiger partial charge on any atom is 2.00 e. The largest absolute Gasteiger partial charge is 2.00 e. The van der Waals surface area contributed by atoms with Crippen LogP contribution < -0.4 is 4.89 Å². The molecule has 0 aromatic rings. The fraction of sp³-hybridized carbons (Fsp3) is 1.00. The van der Waals surface area contributed by atoms with E-state index in [-0.39, 0.29) is 22.7 Å². The molecular formula is C20H42NiO3P+. The first-order valence-electron chi connectivity index (χ1n) is 10.6. The van der Waals surface area contributed by atoms with Gasteiger partial charge in [0.1, 0.15) is 7.60 Å². The van der Waals surface area contributed by atoms with Crippen LogP contribution in [0.25, 0.3) is 0 Å². The molecule has 0 saturated heterocycles. The van der Waals surface area contributed by atoms with Crippen LogP contribution in [0.1, 0.15) is 117 Å². The molecule has 0 aromatic heterocycles. The summed E-state index contributed by atoms with van der Waals surface area (Å²) in [6.45, 7) is 4.83. The van der Waals surface area contributed by atoms with Crippen LogP contribution >= 0.6 is 7.60 Å². The molecule has 0 amide bonds. The van der Waals surface area contributed by atoms with Crippen LogP contribution in [-0.4, -0.2) is 12.8 Å². The minimum atomic E-state index is -3.58. The van der Waals surface area contributed by atoms with Gasteiger partial charge < -0.3 is 14.0 Å². The van der Waals surface area contributed by atoms with E-state index >= 15 is 0 Å². The second-order valence-electron chi connectivity index (χ2n) is 7.12. The first kappa shape index (κ1) is 27.9. The van der Waals surface area contributed by atoms with Crippen molar-refractivity contribution >= 4 is 7.60 Å². The smallest absolute Gasteiger partial charge is 0.778 e. The summed E-state index contributed by atoms with van der Waals surface area (Å²) in [5.41, 5.74) is 0. The molecule has 0 heterocycles. The fourth-order valence-corrected chi connectivity index (χ4v) is 4.09. The number of rotatable bonds is 19. The van der Waals surface area contributed by atoms with E-state index in [2.05, 4.69) is 13.8 Å². The van der Waals surface area contributed by atoms with Crippen molar-refractivity contribution in [2.45, 2.75) is 117 Å². The van der Waals surface area contributed by atoms with Gasteiger partial charge in [0.05, 0.1) is 6.61 Å². The predicted octanol–water partition coefficient (Wildman–Crippen LogP) is 6.84. The topological polar surface area (TPSA) is 49.4 Å². The van der Waals surface area contributed by atoms with Crippen LogP contribution in [0.2, 0.25) is 0 Å². The summed E-state index contributed by atoms with van der Waals surface area (Å²) in [5.74, 6) is 0. The minimum Gasteiger partial charge on any atom is -0.778 e. The Morgan fingerprint density at radius 2 is 1.00 bits per heavy atom. The van der Waals surface area contributed by atoms with Crippen LogP contribution in [0.5, 0.6) is 0 Å². The molecule has 0 aliphatic heterocycles. The van der Waals surface area contributed by atoms with Crippen molar-refractivity contribution in [3.63, 3.8) is 0 Å². The van der Waals surface area contributed by atoms with E-state index in [1.807, 2.05) is 0 Å². The number of hydrogen-bond acceptors (Lipinski definition) is 3. The van der Waals surface area contributed by atoms with Gasteiger partial charge in [-0.05, 0) is 12.8 Å². The summed E-state index contributed by atoms with van der Waals surface area (Å²) in [6.07, 6.45) is 19.3. The zero-order valence-corrected chi connectivity index (χ0v) is 18.6. The third-order valence-electron chi connectivity index (χ3n) is 4.57. The normalized spacial score (nSPS) is 13.4. The molecule has 0 rings (SSSR count). The summed E-state index contributed by atoms with van der Waals surface area (Å²) >= 11 is 0. The van der Waals surface area contributed by atoms with Gasteiger partial charge in [-0.25, -0.2) is 0 Å². The van der Waals surface area contributed by atoms with E-state index in [0.29, 0.717) is 6.61 Å². The van der Waals surface area contributed by atoms with Crippen LogP contribution in [0.4, 0.5) is 0 Å². The Hall–Kier alpha value is 0.644. The van der Waals surface area contributed by atoms with Gasteiger partial charge in [0, 0.05) is 6.16 Å². The zero-order chi connectivity index (χ0) is 17.9. The third-order valence-corrected chi connectivity index (χ3v) is 6.01. The van der Waals surface area contributed by atoms with E-state index in [1.165, 1.54) is 70.6 Å². The maximum atomic E-state index is 11.8. The van der Waals surface area contributed by atoms with Gasteiger partial charge in [-0.3, -0.25) is 0 Å². The van der Waals surface area contributed by atoms with E-state index in [9.17, 15) is 9.46 Å². The quantitative estimate of drug-likeness (QED) is 0.131. The Bertz CT molecular complexity index is 301. The van der Waals surface area contributed by atoms with Gasteiger partial charge >= 0.3 is 16.5 Å². The SMILES string of the molecule is CCCCCCCCCCOP(=O)([O-])CCCCCCCCCC.[Ni+2]. The second kappa shape index (κ2) is 20.9. The van der Waals surface area contributed by atoms with Crippen molar-refractivity contribution in [2.24, 2.45) is 0 Å². The summed E-state index contributed by atoms with van der Waals surface area (Å²) in [5, 5.41) is 0. The maximum absolute atomic E-state index is 11.8. The number of hydrogen-bond donors (Lipinski definition) is 0. The second-order valence-corrected chi connectivity index (χ2v) is 9.04. The Kier molecular flexibility index (Phi) is 23.3. The first-order chi connectivity index (χ1) is 11.6. The van der Waals surface area contributed by atoms with Crippen LogP contribution in [0, 0.1) is 0 Å². The Morgan fingerprint density at radius 1 is 0.640 bits per heavy atom. The summed E-state index contributed by atoms with van der Waals surface area (Å²) in [7, 11) is -3.58. The van der Waals surface area contributed by atoms with E-state index < -0.39 is 7.60 Å². The average molecular weight is 420 g/mol. The van der Waals surface area contributed by atoms with Gasteiger partial charge in [-0.2, -0.15) is 0 Å². The Labute approximate surface area is 167 Å². The molecule has 0 fully saturated rings. The van der Waals surface area contributed by atoms with Gasteiger partial charge in [-0.1, -0.05) is 104 Å². The van der Waals surface area contributed by atoms with E-state index in [1.54, 1.807) is 0 Å². The summed E-state index contributed by atoms with van der Waals surface area (Å²) in [6, 6.07) is 0. The molecule has 1 unspecified atom stereocenters. The van der Waals surface area contributed by atoms with Crippen molar-refractivity contribution in [3.05, 3.63) is 0 Å². The Balaban J connectivity index is 0. The summed E-state index contributed by atoms with van der Waals surface area (Å²) in [4.78, 5) is 11.8. The Morgan fingerprint density at radius 3 is 1.44 bits per heavy atom. The summed E-state index contributed by atoms with van der Waals surface area (Å²) < 4.78 is 17.0. The van der Waals surface area contributed by atoms with Crippen molar-refractivity contribution < 1.29 is 30.5 Å². The molecule has 0 N–H and O–H groups in total. The van der Waals surface area contributed by atoms with Gasteiger partial charge in [-0.15, -0.1) is 0 Å². The molecule has 0 radical (unpaired) electrons. The predicted molar refractivity (Wildman–Crippen MR) is 104 cm³/mol. The molecule has 1 atom stereocenters. The van der Waals surface area contributed by atoms with Crippen molar-refractivity contribution in [1.29, 1.82) is 0 Å². The standard InChI is InChI=1S/C20H43O3P.Ni/c1-3-5-7-9-11-13-15-17-19-23-24(21,22)20-18-16-14-12-10-8-6-4-2;/h3-20H2,1-2H3,(H,21,22);/q;+2/p-1. The average Bonchev–Trinajstić information content (AvgIpc) is 2.55. The van der Waals surface area contributed by atoms with Crippen LogP contribution in [0.15, 0.2) is 0 Å². The molecule has 3 nitrogen and oxygen atoms in total. The number of unbranched alkanes of at least 4 members (excludes halogenated alkanes) is 14. The molecule has 0 bridgehead atoms. The molecule has 5 heteroatoms. The monoisotopic (exact) mass is 419 g/mol. The minimum absolute atomic E-state index is 0. The fourth-order valence-electron chi connectivity index (χ4n) is 2.94. The third kappa shape index (κ3) is 22.6. The van der Waals surface area contributed by atoms with E-state index in [0.717, 1.165) is 32.1 Å². The molecule has 0 aromatic carbocycles. The van der Waals surface area contributed by atoms with E-state index in [4.69, 9.17) is 4.52 Å². The van der Waals surface area contributed by atoms with Gasteiger partial charge in [0.15, 0.2) is 0 Å². The van der Waals surface area contributed by atoms with Crippen molar-refractivity contribution in [2.75, 3.05) is 12.8 Å². The van der Waals surface area contributed by atoms with Crippen LogP contribution in [0.3, 0.4) is 0 Å². The molecule has 25 heavy (non-hydrogen) atoms. The van der Waals surface area contributed by atoms with Gasteiger partial charge in [0.25, 0.3) is 0 Å². The van der Waals surface area contributed by atoms with Crippen molar-refractivity contribution in [3.8, 4) is 0 Å². The van der Waals surface area contributed by atoms with Gasteiger partial charge in [0.2, 0.25) is 0 Å². The molecule has 0 aliphatic rings. The molecule has 0 spiro atoms.